The number of nitrogens with one attached hydrogen (secondary N) is 1. The normalized spacial score (nSPS) is 13.6. The van der Waals surface area contributed by atoms with Crippen LogP contribution in [0, 0.1) is 0 Å². The average molecular weight is 278 g/mol. The van der Waals surface area contributed by atoms with Gasteiger partial charge in [-0.15, -0.1) is 0 Å². The molecular formula is C12H14N4O4. The molecule has 8 heteroatoms. The number of carbonyl (C=O) groups is 1. The largest absolute Gasteiger partial charge is 0.480 e. The third-order valence-corrected chi connectivity index (χ3v) is 2.82. The summed E-state index contributed by atoms with van der Waals surface area (Å²) in [5.74, 6) is 0.179. The van der Waals surface area contributed by atoms with E-state index in [9.17, 15) is 9.90 Å². The lowest BCUT2D eigenvalue weighted by Crippen LogP contribution is -2.29. The number of carboxylic acids is 1. The molecule has 1 aromatic rings. The second kappa shape index (κ2) is 6.65. The first kappa shape index (κ1) is 14.0. The molecular weight excluding hydrogens is 264 g/mol. The van der Waals surface area contributed by atoms with Crippen LogP contribution in [0.3, 0.4) is 0 Å². The van der Waals surface area contributed by atoms with E-state index in [2.05, 4.69) is 15.3 Å². The van der Waals surface area contributed by atoms with Gasteiger partial charge in [0.25, 0.3) is 0 Å². The highest BCUT2D eigenvalue weighted by Crippen LogP contribution is 2.34. The van der Waals surface area contributed by atoms with Crippen molar-refractivity contribution in [3.05, 3.63) is 34.2 Å². The molecule has 1 atom stereocenters. The van der Waals surface area contributed by atoms with Crippen LogP contribution < -0.4 is 14.8 Å². The van der Waals surface area contributed by atoms with Crippen LogP contribution in [0.4, 0.5) is 0 Å². The molecule has 1 aromatic carbocycles. The highest BCUT2D eigenvalue weighted by Gasteiger charge is 2.22. The molecule has 0 aliphatic carbocycles. The summed E-state index contributed by atoms with van der Waals surface area (Å²) in [5.41, 5.74) is 8.74. The molecule has 0 amide bonds. The van der Waals surface area contributed by atoms with Crippen LogP contribution in [-0.2, 0) is 4.79 Å². The molecule has 0 aromatic heterocycles. The first-order chi connectivity index (χ1) is 9.72. The number of rotatable bonds is 7. The van der Waals surface area contributed by atoms with Crippen molar-refractivity contribution in [3.8, 4) is 11.5 Å². The summed E-state index contributed by atoms with van der Waals surface area (Å²) in [7, 11) is 0. The van der Waals surface area contributed by atoms with Gasteiger partial charge in [-0.05, 0) is 36.2 Å². The van der Waals surface area contributed by atoms with Crippen molar-refractivity contribution >= 4 is 5.97 Å². The number of fused-ring (bicyclic) bond motifs is 1. The average Bonchev–Trinajstić information content (AvgIpc) is 2.89. The number of hydrogen-bond donors (Lipinski definition) is 2. The topological polar surface area (TPSA) is 117 Å². The highest BCUT2D eigenvalue weighted by atomic mass is 16.7. The third-order valence-electron chi connectivity index (χ3n) is 2.82. The third kappa shape index (κ3) is 3.31. The lowest BCUT2D eigenvalue weighted by Gasteiger charge is -2.14. The van der Waals surface area contributed by atoms with E-state index >= 15 is 0 Å². The summed E-state index contributed by atoms with van der Waals surface area (Å²) in [6, 6.07) is 4.19. The van der Waals surface area contributed by atoms with Gasteiger partial charge in [0.05, 0.1) is 0 Å². The molecule has 2 rings (SSSR count). The Labute approximate surface area is 114 Å². The Bertz CT molecular complexity index is 542. The van der Waals surface area contributed by atoms with Crippen LogP contribution in [0.15, 0.2) is 23.3 Å². The zero-order chi connectivity index (χ0) is 14.4. The number of ether oxygens (including phenoxy) is 2. The second-order valence-electron chi connectivity index (χ2n) is 4.15. The van der Waals surface area contributed by atoms with Gasteiger partial charge in [0.2, 0.25) is 6.79 Å². The minimum atomic E-state index is -0.979. The van der Waals surface area contributed by atoms with Crippen LogP contribution in [0.1, 0.15) is 18.0 Å². The number of azide groups is 1. The van der Waals surface area contributed by atoms with E-state index in [0.29, 0.717) is 36.6 Å². The molecule has 1 aliphatic heterocycles. The van der Waals surface area contributed by atoms with Crippen molar-refractivity contribution in [2.24, 2.45) is 5.11 Å². The SMILES string of the molecule is [N-]=[N+]=NCCCNC(C(=O)O)c1ccc2c(c1)OCO2. The standard InChI is InChI=1S/C12H14N4O4/c13-16-15-5-1-4-14-11(12(17)18)8-2-3-9-10(6-8)20-7-19-9/h2-3,6,11,14H,1,4-5,7H2,(H,17,18). The van der Waals surface area contributed by atoms with Crippen LogP contribution in [-0.4, -0.2) is 31.0 Å². The molecule has 0 spiro atoms. The van der Waals surface area contributed by atoms with Gasteiger partial charge in [-0.1, -0.05) is 11.2 Å². The molecule has 0 fully saturated rings. The monoisotopic (exact) mass is 278 g/mol. The van der Waals surface area contributed by atoms with E-state index in [1.165, 1.54) is 0 Å². The second-order valence-corrected chi connectivity index (χ2v) is 4.15. The Hall–Kier alpha value is -2.44. The molecule has 1 heterocycles. The number of carboxylic acid groups (broad SMARTS) is 1. The van der Waals surface area contributed by atoms with Crippen molar-refractivity contribution in [1.29, 1.82) is 0 Å². The fraction of sp³-hybridized carbons (Fsp3) is 0.417. The van der Waals surface area contributed by atoms with Crippen LogP contribution in [0.2, 0.25) is 0 Å². The molecule has 1 unspecified atom stereocenters. The quantitative estimate of drug-likeness (QED) is 0.341. The minimum Gasteiger partial charge on any atom is -0.480 e. The van der Waals surface area contributed by atoms with E-state index in [1.807, 2.05) is 0 Å². The van der Waals surface area contributed by atoms with Crippen molar-refractivity contribution in [3.63, 3.8) is 0 Å². The summed E-state index contributed by atoms with van der Waals surface area (Å²) < 4.78 is 10.4. The predicted octanol–water partition coefficient (Wildman–Crippen LogP) is 1.83. The fourth-order valence-corrected chi connectivity index (χ4v) is 1.88. The van der Waals surface area contributed by atoms with Crippen LogP contribution in [0.25, 0.3) is 10.4 Å². The Morgan fingerprint density at radius 1 is 1.50 bits per heavy atom. The summed E-state index contributed by atoms with van der Waals surface area (Å²) in [6.45, 7) is 0.914. The molecule has 106 valence electrons. The van der Waals surface area contributed by atoms with Gasteiger partial charge in [0.1, 0.15) is 6.04 Å². The summed E-state index contributed by atoms with van der Waals surface area (Å²) in [5, 5.41) is 15.6. The lowest BCUT2D eigenvalue weighted by atomic mass is 10.1. The van der Waals surface area contributed by atoms with Crippen molar-refractivity contribution < 1.29 is 19.4 Å². The van der Waals surface area contributed by atoms with E-state index < -0.39 is 12.0 Å². The molecule has 1 aliphatic rings. The summed E-state index contributed by atoms with van der Waals surface area (Å²) in [4.78, 5) is 13.9. The molecule has 20 heavy (non-hydrogen) atoms. The van der Waals surface area contributed by atoms with Gasteiger partial charge < -0.3 is 19.9 Å². The van der Waals surface area contributed by atoms with Crippen LogP contribution in [0.5, 0.6) is 11.5 Å². The number of hydrogen-bond acceptors (Lipinski definition) is 5. The van der Waals surface area contributed by atoms with Gasteiger partial charge in [-0.25, -0.2) is 0 Å². The van der Waals surface area contributed by atoms with Gasteiger partial charge in [0, 0.05) is 11.5 Å². The Kier molecular flexibility index (Phi) is 4.65. The Morgan fingerprint density at radius 2 is 2.30 bits per heavy atom. The van der Waals surface area contributed by atoms with E-state index in [-0.39, 0.29) is 6.79 Å². The maximum Gasteiger partial charge on any atom is 0.325 e. The molecule has 0 radical (unpaired) electrons. The zero-order valence-corrected chi connectivity index (χ0v) is 10.7. The van der Waals surface area contributed by atoms with Gasteiger partial charge in [-0.3, -0.25) is 4.79 Å². The smallest absolute Gasteiger partial charge is 0.325 e. The van der Waals surface area contributed by atoms with Crippen molar-refractivity contribution in [2.45, 2.75) is 12.5 Å². The molecule has 0 bridgehead atoms. The Morgan fingerprint density at radius 3 is 3.05 bits per heavy atom. The first-order valence-corrected chi connectivity index (χ1v) is 6.09. The molecule has 8 nitrogen and oxygen atoms in total. The maximum atomic E-state index is 11.3. The lowest BCUT2D eigenvalue weighted by molar-refractivity contribution is -0.139. The van der Waals surface area contributed by atoms with E-state index in [0.717, 1.165) is 0 Å². The number of aliphatic carboxylic acids is 1. The van der Waals surface area contributed by atoms with Crippen molar-refractivity contribution in [1.82, 2.24) is 5.32 Å². The Balaban J connectivity index is 2.01. The van der Waals surface area contributed by atoms with E-state index in [4.69, 9.17) is 15.0 Å². The summed E-state index contributed by atoms with van der Waals surface area (Å²) in [6.07, 6.45) is 0.568. The highest BCUT2D eigenvalue weighted by molar-refractivity contribution is 5.76. The number of benzene rings is 1. The summed E-state index contributed by atoms with van der Waals surface area (Å²) >= 11 is 0. The zero-order valence-electron chi connectivity index (χ0n) is 10.7. The first-order valence-electron chi connectivity index (χ1n) is 6.09. The minimum absolute atomic E-state index is 0.149. The van der Waals surface area contributed by atoms with Crippen molar-refractivity contribution in [2.75, 3.05) is 19.9 Å². The van der Waals surface area contributed by atoms with Gasteiger partial charge in [-0.2, -0.15) is 0 Å². The molecule has 0 saturated heterocycles. The maximum absolute atomic E-state index is 11.3. The van der Waals surface area contributed by atoms with Gasteiger partial charge >= 0.3 is 5.97 Å². The fourth-order valence-electron chi connectivity index (χ4n) is 1.88. The van der Waals surface area contributed by atoms with E-state index in [1.54, 1.807) is 18.2 Å². The number of nitrogens with zero attached hydrogens (tertiary/aromatic N) is 3. The van der Waals surface area contributed by atoms with Crippen LogP contribution >= 0.6 is 0 Å². The molecule has 2 N–H and O–H groups in total. The predicted molar refractivity (Wildman–Crippen MR) is 69.6 cm³/mol. The van der Waals surface area contributed by atoms with Gasteiger partial charge in [0.15, 0.2) is 11.5 Å². The molecule has 0 saturated carbocycles.